The lowest BCUT2D eigenvalue weighted by Crippen LogP contribution is -2.45. The minimum absolute atomic E-state index is 0.0788. The highest BCUT2D eigenvalue weighted by Crippen LogP contribution is 2.44. The number of nitrogens with one attached hydrogen (secondary N) is 1. The summed E-state index contributed by atoms with van der Waals surface area (Å²) in [7, 11) is 1.48. The predicted octanol–water partition coefficient (Wildman–Crippen LogP) is 3.47. The van der Waals surface area contributed by atoms with E-state index in [4.69, 9.17) is 25.2 Å². The lowest BCUT2D eigenvalue weighted by molar-refractivity contribution is -0.138. The van der Waals surface area contributed by atoms with Gasteiger partial charge >= 0.3 is 5.97 Å². The van der Waals surface area contributed by atoms with Crippen molar-refractivity contribution in [1.29, 1.82) is 0 Å². The van der Waals surface area contributed by atoms with Gasteiger partial charge in [0.2, 0.25) is 0 Å². The van der Waals surface area contributed by atoms with Gasteiger partial charge in [0.25, 0.3) is 5.91 Å². The van der Waals surface area contributed by atoms with E-state index in [2.05, 4.69) is 74.2 Å². The summed E-state index contributed by atoms with van der Waals surface area (Å²) in [5, 5.41) is 26.4. The van der Waals surface area contributed by atoms with Crippen molar-refractivity contribution in [2.75, 3.05) is 20.3 Å². The molecule has 36 heavy (non-hydrogen) atoms. The number of benzene rings is 1. The lowest BCUT2D eigenvalue weighted by atomic mass is 9.87. The molecule has 0 bridgehead atoms. The Kier molecular flexibility index (Phi) is 10.0. The fourth-order valence-corrected chi connectivity index (χ4v) is 6.88. The number of hydrogen-bond acceptors (Lipinski definition) is 8. The summed E-state index contributed by atoms with van der Waals surface area (Å²) in [6.45, 7) is 0.634. The number of oxime groups is 1. The second-order valence-electron chi connectivity index (χ2n) is 8.03. The number of hydrogen-bond donors (Lipinski definition) is 4. The number of aliphatic hydroxyl groups excluding tert-OH is 1. The standard InChI is InChI=1S/C22H23Br4N3O7/c1-34-18-13(25)8-22(19(30)16(18)26)9-15(29-36-22)20(31)28-3-2-4-35-17-11(23)5-10(6-12(17)24)7-14(27)21(32)33/h5-6,8,14,19,30H,2-4,7,9,27H2,1H3,(H,28,31)(H,32,33)/t14-,19+,22-/m0/s1. The number of ether oxygens (including phenoxy) is 2. The number of halogens is 4. The third-order valence-electron chi connectivity index (χ3n) is 5.43. The summed E-state index contributed by atoms with van der Waals surface area (Å²) >= 11 is 13.6. The van der Waals surface area contributed by atoms with Crippen molar-refractivity contribution in [3.05, 3.63) is 47.4 Å². The molecule has 14 heteroatoms. The van der Waals surface area contributed by atoms with Gasteiger partial charge in [-0.2, -0.15) is 0 Å². The molecule has 0 saturated heterocycles. The smallest absolute Gasteiger partial charge is 0.320 e. The van der Waals surface area contributed by atoms with Gasteiger partial charge in [-0.25, -0.2) is 0 Å². The number of nitrogens with zero attached hydrogens (tertiary/aromatic N) is 1. The van der Waals surface area contributed by atoms with Gasteiger partial charge in [0, 0.05) is 13.0 Å². The van der Waals surface area contributed by atoms with Crippen LogP contribution in [0.2, 0.25) is 0 Å². The first-order valence-corrected chi connectivity index (χ1v) is 13.8. The molecular weight excluding hydrogens is 738 g/mol. The fourth-order valence-electron chi connectivity index (χ4n) is 3.58. The van der Waals surface area contributed by atoms with Crippen molar-refractivity contribution in [3.8, 4) is 5.75 Å². The molecule has 2 aliphatic rings. The van der Waals surface area contributed by atoms with Crippen LogP contribution in [0.3, 0.4) is 0 Å². The molecule has 1 amide bonds. The zero-order valence-electron chi connectivity index (χ0n) is 18.9. The highest BCUT2D eigenvalue weighted by Gasteiger charge is 2.50. The van der Waals surface area contributed by atoms with E-state index in [0.717, 1.165) is 5.56 Å². The van der Waals surface area contributed by atoms with Crippen LogP contribution >= 0.6 is 63.7 Å². The third kappa shape index (κ3) is 6.51. The molecule has 1 heterocycles. The highest BCUT2D eigenvalue weighted by atomic mass is 79.9. The number of aliphatic carboxylic acids is 1. The summed E-state index contributed by atoms with van der Waals surface area (Å²) in [4.78, 5) is 29.1. The zero-order valence-corrected chi connectivity index (χ0v) is 25.2. The first-order chi connectivity index (χ1) is 17.0. The average molecular weight is 761 g/mol. The molecule has 1 aromatic carbocycles. The molecule has 3 rings (SSSR count). The topological polar surface area (TPSA) is 153 Å². The van der Waals surface area contributed by atoms with Crippen LogP contribution in [-0.2, 0) is 25.6 Å². The predicted molar refractivity (Wildman–Crippen MR) is 146 cm³/mol. The number of carboxylic acid groups (broad SMARTS) is 1. The van der Waals surface area contributed by atoms with E-state index in [1.165, 1.54) is 7.11 Å². The number of aliphatic hydroxyl groups is 1. The van der Waals surface area contributed by atoms with E-state index >= 15 is 0 Å². The molecule has 1 spiro atoms. The van der Waals surface area contributed by atoms with Crippen LogP contribution in [0.25, 0.3) is 0 Å². The number of carbonyl (C=O) groups is 2. The van der Waals surface area contributed by atoms with Gasteiger partial charge in [-0.3, -0.25) is 9.59 Å². The Hall–Kier alpha value is -1.45. The first kappa shape index (κ1) is 29.1. The molecule has 0 aromatic heterocycles. The Balaban J connectivity index is 1.47. The van der Waals surface area contributed by atoms with Gasteiger partial charge in [0.05, 0.1) is 31.6 Å². The van der Waals surface area contributed by atoms with Crippen LogP contribution in [0.5, 0.6) is 5.75 Å². The fraction of sp³-hybridized carbons (Fsp3) is 0.409. The van der Waals surface area contributed by atoms with Crippen molar-refractivity contribution < 1.29 is 34.1 Å². The number of nitrogens with two attached hydrogens (primary N) is 1. The summed E-state index contributed by atoms with van der Waals surface area (Å²) in [6.07, 6.45) is 1.30. The quantitative estimate of drug-likeness (QED) is 0.265. The summed E-state index contributed by atoms with van der Waals surface area (Å²) < 4.78 is 13.3. The number of carbonyl (C=O) groups excluding carboxylic acids is 1. The molecule has 1 aliphatic carbocycles. The maximum Gasteiger partial charge on any atom is 0.320 e. The van der Waals surface area contributed by atoms with E-state index in [-0.39, 0.29) is 18.6 Å². The van der Waals surface area contributed by atoms with Crippen LogP contribution in [0.1, 0.15) is 18.4 Å². The Morgan fingerprint density at radius 1 is 1.31 bits per heavy atom. The van der Waals surface area contributed by atoms with Crippen molar-refractivity contribution in [2.24, 2.45) is 10.9 Å². The van der Waals surface area contributed by atoms with Gasteiger partial charge < -0.3 is 35.6 Å². The number of methoxy groups -OCH3 is 1. The van der Waals surface area contributed by atoms with E-state index in [1.807, 2.05) is 0 Å². The normalized spacial score (nSPS) is 22.0. The van der Waals surface area contributed by atoms with Gasteiger partial charge in [-0.15, -0.1) is 0 Å². The molecule has 0 unspecified atom stereocenters. The van der Waals surface area contributed by atoms with E-state index in [9.17, 15) is 14.7 Å². The number of rotatable bonds is 10. The second-order valence-corrected chi connectivity index (χ2v) is 11.4. The molecule has 1 aromatic rings. The maximum absolute atomic E-state index is 12.6. The minimum atomic E-state index is -1.21. The first-order valence-electron chi connectivity index (χ1n) is 10.6. The van der Waals surface area contributed by atoms with Gasteiger partial charge in [-0.1, -0.05) is 5.16 Å². The highest BCUT2D eigenvalue weighted by molar-refractivity contribution is 9.12. The molecule has 3 atom stereocenters. The van der Waals surface area contributed by atoms with E-state index in [1.54, 1.807) is 18.2 Å². The Labute approximate surface area is 240 Å². The van der Waals surface area contributed by atoms with Crippen LogP contribution in [0.15, 0.2) is 47.0 Å². The van der Waals surface area contributed by atoms with Crippen molar-refractivity contribution in [2.45, 2.75) is 37.0 Å². The summed E-state index contributed by atoms with van der Waals surface area (Å²) in [5.41, 5.74) is 5.29. The van der Waals surface area contributed by atoms with E-state index < -0.39 is 29.6 Å². The van der Waals surface area contributed by atoms with E-state index in [0.29, 0.717) is 49.0 Å². The lowest BCUT2D eigenvalue weighted by Gasteiger charge is -2.33. The average Bonchev–Trinajstić information content (AvgIpc) is 3.24. The van der Waals surface area contributed by atoms with Crippen LogP contribution in [-0.4, -0.2) is 65.8 Å². The summed E-state index contributed by atoms with van der Waals surface area (Å²) in [5.74, 6) is -0.476. The zero-order chi connectivity index (χ0) is 26.6. The molecule has 0 radical (unpaired) electrons. The maximum atomic E-state index is 12.6. The van der Waals surface area contributed by atoms with Crippen LogP contribution in [0.4, 0.5) is 0 Å². The molecule has 0 fully saturated rings. The Morgan fingerprint density at radius 2 is 1.97 bits per heavy atom. The SMILES string of the molecule is COC1=C(Br)[C@@H](O)[C@]2(C=C1Br)CC(C(=O)NCCCOc1c(Br)cc(C[C@H](N)C(=O)O)cc1Br)=NO2. The molecule has 196 valence electrons. The van der Waals surface area contributed by atoms with Crippen molar-refractivity contribution in [1.82, 2.24) is 5.32 Å². The van der Waals surface area contributed by atoms with Gasteiger partial charge in [-0.05, 0) is 100 Å². The molecule has 10 nitrogen and oxygen atoms in total. The molecule has 1 aliphatic heterocycles. The number of amides is 1. The van der Waals surface area contributed by atoms with Crippen LogP contribution < -0.4 is 15.8 Å². The largest absolute Gasteiger partial charge is 0.495 e. The van der Waals surface area contributed by atoms with Gasteiger partial charge in [0.1, 0.15) is 29.4 Å². The van der Waals surface area contributed by atoms with Crippen LogP contribution in [0, 0.1) is 0 Å². The minimum Gasteiger partial charge on any atom is -0.495 e. The second kappa shape index (κ2) is 12.4. The van der Waals surface area contributed by atoms with Crippen molar-refractivity contribution in [3.63, 3.8) is 0 Å². The summed E-state index contributed by atoms with van der Waals surface area (Å²) in [6, 6.07) is 2.52. The molecule has 5 N–H and O–H groups in total. The monoisotopic (exact) mass is 757 g/mol. The third-order valence-corrected chi connectivity index (χ3v) is 7.99. The molecule has 0 saturated carbocycles. The Morgan fingerprint density at radius 3 is 2.58 bits per heavy atom. The Bertz CT molecular complexity index is 1120. The number of allylic oxidation sites excluding steroid dienone is 1. The molecular formula is C22H23Br4N3O7. The van der Waals surface area contributed by atoms with Crippen molar-refractivity contribution >= 4 is 81.3 Å². The van der Waals surface area contributed by atoms with Gasteiger partial charge in [0.15, 0.2) is 5.60 Å². The number of carboxylic acids is 1.